The Morgan fingerprint density at radius 1 is 1.13 bits per heavy atom. The molecule has 0 bridgehead atoms. The number of aliphatic imine (C=N–C) groups is 1. The molecule has 2 rings (SSSR count). The highest BCUT2D eigenvalue weighted by Gasteiger charge is 2.12. The van der Waals surface area contributed by atoms with Gasteiger partial charge in [-0.3, -0.25) is 9.89 Å². The lowest BCUT2D eigenvalue weighted by Gasteiger charge is -2.27. The Labute approximate surface area is 140 Å². The van der Waals surface area contributed by atoms with Gasteiger partial charge in [0.05, 0.1) is 6.61 Å². The van der Waals surface area contributed by atoms with Gasteiger partial charge < -0.3 is 15.4 Å². The van der Waals surface area contributed by atoms with Crippen molar-refractivity contribution in [3.8, 4) is 0 Å². The fourth-order valence-corrected chi connectivity index (χ4v) is 2.91. The third-order valence-corrected chi connectivity index (χ3v) is 4.23. The summed E-state index contributed by atoms with van der Waals surface area (Å²) in [6.45, 7) is 5.71. The number of piperidine rings is 1. The SMILES string of the molecule is CN=C(NCCOC)NCc1ccccc1CN1CCCCC1. The average molecular weight is 318 g/mol. The maximum Gasteiger partial charge on any atom is 0.191 e. The molecule has 1 aliphatic rings. The van der Waals surface area contributed by atoms with Crippen LogP contribution in [0.2, 0.25) is 0 Å². The molecule has 0 spiro atoms. The van der Waals surface area contributed by atoms with Crippen molar-refractivity contribution >= 4 is 5.96 Å². The monoisotopic (exact) mass is 318 g/mol. The Bertz CT molecular complexity index is 484. The van der Waals surface area contributed by atoms with Crippen molar-refractivity contribution < 1.29 is 4.74 Å². The minimum Gasteiger partial charge on any atom is -0.383 e. The highest BCUT2D eigenvalue weighted by atomic mass is 16.5. The summed E-state index contributed by atoms with van der Waals surface area (Å²) in [5, 5.41) is 6.63. The van der Waals surface area contributed by atoms with Gasteiger partial charge in [-0.1, -0.05) is 30.7 Å². The molecule has 5 heteroatoms. The molecule has 128 valence electrons. The van der Waals surface area contributed by atoms with Gasteiger partial charge in [0.25, 0.3) is 0 Å². The number of likely N-dealkylation sites (tertiary alicyclic amines) is 1. The van der Waals surface area contributed by atoms with Crippen LogP contribution in [0.15, 0.2) is 29.3 Å². The topological polar surface area (TPSA) is 48.9 Å². The lowest BCUT2D eigenvalue weighted by atomic mass is 10.0. The Kier molecular flexibility index (Phi) is 7.90. The molecule has 1 saturated heterocycles. The van der Waals surface area contributed by atoms with Crippen LogP contribution in [0.25, 0.3) is 0 Å². The van der Waals surface area contributed by atoms with E-state index >= 15 is 0 Å². The minimum absolute atomic E-state index is 0.673. The molecule has 0 radical (unpaired) electrons. The average Bonchev–Trinajstić information content (AvgIpc) is 2.60. The molecule has 1 aromatic rings. The van der Waals surface area contributed by atoms with E-state index in [1.807, 2.05) is 0 Å². The second-order valence-electron chi connectivity index (χ2n) is 5.95. The van der Waals surface area contributed by atoms with Gasteiger partial charge in [0, 0.05) is 33.8 Å². The van der Waals surface area contributed by atoms with Crippen molar-refractivity contribution in [3.05, 3.63) is 35.4 Å². The van der Waals surface area contributed by atoms with E-state index in [-0.39, 0.29) is 0 Å². The van der Waals surface area contributed by atoms with Crippen LogP contribution in [0.5, 0.6) is 0 Å². The lowest BCUT2D eigenvalue weighted by molar-refractivity contribution is 0.203. The molecule has 1 heterocycles. The number of hydrogen-bond acceptors (Lipinski definition) is 3. The molecule has 2 N–H and O–H groups in total. The molecular formula is C18H30N4O. The van der Waals surface area contributed by atoms with E-state index in [1.165, 1.54) is 43.5 Å². The number of ether oxygens (including phenoxy) is 1. The summed E-state index contributed by atoms with van der Waals surface area (Å²) in [6, 6.07) is 8.69. The maximum absolute atomic E-state index is 5.05. The first kappa shape index (κ1) is 17.8. The fourth-order valence-electron chi connectivity index (χ4n) is 2.91. The quantitative estimate of drug-likeness (QED) is 0.458. The van der Waals surface area contributed by atoms with E-state index in [0.29, 0.717) is 6.61 Å². The van der Waals surface area contributed by atoms with Crippen molar-refractivity contribution in [1.29, 1.82) is 0 Å². The predicted octanol–water partition coefficient (Wildman–Crippen LogP) is 1.98. The van der Waals surface area contributed by atoms with E-state index in [2.05, 4.69) is 44.8 Å². The molecular weight excluding hydrogens is 288 g/mol. The summed E-state index contributed by atoms with van der Waals surface area (Å²) in [5.74, 6) is 0.815. The summed E-state index contributed by atoms with van der Waals surface area (Å²) in [5.41, 5.74) is 2.75. The second-order valence-corrected chi connectivity index (χ2v) is 5.95. The molecule has 1 fully saturated rings. The molecule has 1 aromatic carbocycles. The van der Waals surface area contributed by atoms with Crippen molar-refractivity contribution in [2.75, 3.05) is 40.4 Å². The molecule has 0 aliphatic carbocycles. The number of methoxy groups -OCH3 is 1. The second kappa shape index (κ2) is 10.2. The third kappa shape index (κ3) is 6.20. The van der Waals surface area contributed by atoms with Gasteiger partial charge in [-0.25, -0.2) is 0 Å². The van der Waals surface area contributed by atoms with Crippen LogP contribution in [-0.4, -0.2) is 51.3 Å². The van der Waals surface area contributed by atoms with E-state index in [4.69, 9.17) is 4.74 Å². The standard InChI is InChI=1S/C18H30N4O/c1-19-18(20-10-13-23-2)21-14-16-8-4-5-9-17(16)15-22-11-6-3-7-12-22/h4-5,8-9H,3,6-7,10-15H2,1-2H3,(H2,19,20,21). The van der Waals surface area contributed by atoms with E-state index in [0.717, 1.165) is 25.6 Å². The first-order valence-corrected chi connectivity index (χ1v) is 8.56. The molecule has 0 saturated carbocycles. The minimum atomic E-state index is 0.673. The summed E-state index contributed by atoms with van der Waals surface area (Å²) in [7, 11) is 3.50. The molecule has 1 aliphatic heterocycles. The van der Waals surface area contributed by atoms with Crippen molar-refractivity contribution in [2.24, 2.45) is 4.99 Å². The van der Waals surface area contributed by atoms with Gasteiger partial charge >= 0.3 is 0 Å². The maximum atomic E-state index is 5.05. The number of rotatable bonds is 7. The summed E-state index contributed by atoms with van der Waals surface area (Å²) >= 11 is 0. The number of hydrogen-bond donors (Lipinski definition) is 2. The molecule has 0 atom stereocenters. The van der Waals surface area contributed by atoms with E-state index in [9.17, 15) is 0 Å². The van der Waals surface area contributed by atoms with Gasteiger partial charge in [0.1, 0.15) is 0 Å². The Morgan fingerprint density at radius 3 is 2.57 bits per heavy atom. The van der Waals surface area contributed by atoms with Gasteiger partial charge in [-0.2, -0.15) is 0 Å². The first-order chi connectivity index (χ1) is 11.3. The third-order valence-electron chi connectivity index (χ3n) is 4.23. The van der Waals surface area contributed by atoms with Crippen LogP contribution in [0.1, 0.15) is 30.4 Å². The molecule has 0 amide bonds. The zero-order valence-electron chi connectivity index (χ0n) is 14.5. The van der Waals surface area contributed by atoms with Crippen LogP contribution in [0, 0.1) is 0 Å². The van der Waals surface area contributed by atoms with Crippen molar-refractivity contribution in [2.45, 2.75) is 32.4 Å². The van der Waals surface area contributed by atoms with Gasteiger partial charge in [0.2, 0.25) is 0 Å². The van der Waals surface area contributed by atoms with Crippen LogP contribution < -0.4 is 10.6 Å². The zero-order valence-corrected chi connectivity index (χ0v) is 14.5. The number of benzene rings is 1. The molecule has 23 heavy (non-hydrogen) atoms. The number of nitrogens with zero attached hydrogens (tertiary/aromatic N) is 2. The van der Waals surface area contributed by atoms with Crippen LogP contribution >= 0.6 is 0 Å². The Balaban J connectivity index is 1.88. The highest BCUT2D eigenvalue weighted by Crippen LogP contribution is 2.16. The predicted molar refractivity (Wildman–Crippen MR) is 95.6 cm³/mol. The molecule has 5 nitrogen and oxygen atoms in total. The normalized spacial score (nSPS) is 16.3. The van der Waals surface area contributed by atoms with Crippen LogP contribution in [0.4, 0.5) is 0 Å². The first-order valence-electron chi connectivity index (χ1n) is 8.56. The van der Waals surface area contributed by atoms with Crippen molar-refractivity contribution in [3.63, 3.8) is 0 Å². The number of guanidine groups is 1. The summed E-state index contributed by atoms with van der Waals surface area (Å²) in [4.78, 5) is 6.81. The van der Waals surface area contributed by atoms with Gasteiger partial charge in [-0.05, 0) is 37.1 Å². The fraction of sp³-hybridized carbons (Fsp3) is 0.611. The van der Waals surface area contributed by atoms with Crippen LogP contribution in [-0.2, 0) is 17.8 Å². The highest BCUT2D eigenvalue weighted by molar-refractivity contribution is 5.79. The molecule has 0 unspecified atom stereocenters. The molecule has 0 aromatic heterocycles. The largest absolute Gasteiger partial charge is 0.383 e. The van der Waals surface area contributed by atoms with Gasteiger partial charge in [-0.15, -0.1) is 0 Å². The van der Waals surface area contributed by atoms with Crippen molar-refractivity contribution in [1.82, 2.24) is 15.5 Å². The Morgan fingerprint density at radius 2 is 1.87 bits per heavy atom. The zero-order chi connectivity index (χ0) is 16.3. The van der Waals surface area contributed by atoms with Crippen LogP contribution in [0.3, 0.4) is 0 Å². The summed E-state index contributed by atoms with van der Waals surface area (Å²) < 4.78 is 5.05. The smallest absolute Gasteiger partial charge is 0.191 e. The van der Waals surface area contributed by atoms with Gasteiger partial charge in [0.15, 0.2) is 5.96 Å². The lowest BCUT2D eigenvalue weighted by Crippen LogP contribution is -2.38. The number of nitrogens with one attached hydrogen (secondary N) is 2. The van der Waals surface area contributed by atoms with E-state index in [1.54, 1.807) is 14.2 Å². The Hall–Kier alpha value is -1.59. The van der Waals surface area contributed by atoms with E-state index < -0.39 is 0 Å². The summed E-state index contributed by atoms with van der Waals surface area (Å²) in [6.07, 6.45) is 4.04.